The van der Waals surface area contributed by atoms with Crippen molar-refractivity contribution >= 4 is 29.5 Å². The molecule has 0 amide bonds. The number of nitrogens with two attached hydrogens (primary N) is 1. The van der Waals surface area contributed by atoms with Gasteiger partial charge >= 0.3 is 12.3 Å². The van der Waals surface area contributed by atoms with Crippen molar-refractivity contribution in [3.8, 4) is 22.8 Å². The molecule has 0 spiro atoms. The zero-order chi connectivity index (χ0) is 31.1. The van der Waals surface area contributed by atoms with E-state index in [1.165, 1.54) is 36.0 Å². The Labute approximate surface area is 257 Å². The number of carboxylic acids is 1. The highest BCUT2D eigenvalue weighted by Crippen LogP contribution is 2.38. The van der Waals surface area contributed by atoms with E-state index in [-0.39, 0.29) is 24.1 Å². The summed E-state index contributed by atoms with van der Waals surface area (Å²) in [5, 5.41) is 8.69. The summed E-state index contributed by atoms with van der Waals surface area (Å²) in [5.41, 5.74) is 10.9. The lowest BCUT2D eigenvalue weighted by Gasteiger charge is -2.37. The quantitative estimate of drug-likeness (QED) is 0.263. The third-order valence-corrected chi connectivity index (χ3v) is 8.27. The monoisotopic (exact) mass is 633 g/mol. The molecular weight excluding hydrogens is 599 g/mol. The molecule has 1 aliphatic carbocycles. The van der Waals surface area contributed by atoms with E-state index >= 15 is 0 Å². The van der Waals surface area contributed by atoms with Gasteiger partial charge in [-0.2, -0.15) is 4.98 Å². The summed E-state index contributed by atoms with van der Waals surface area (Å²) in [6, 6.07) is 11.4. The average molecular weight is 634 g/mol. The molecule has 10 nitrogen and oxygen atoms in total. The summed E-state index contributed by atoms with van der Waals surface area (Å²) in [6.45, 7) is 5.51. The molecule has 2 aliphatic rings. The lowest BCUT2D eigenvalue weighted by Crippen LogP contribution is -2.48. The van der Waals surface area contributed by atoms with Gasteiger partial charge in [0.05, 0.1) is 24.7 Å². The molecule has 1 saturated heterocycles. The van der Waals surface area contributed by atoms with Gasteiger partial charge in [-0.1, -0.05) is 12.1 Å². The minimum atomic E-state index is -4.73. The van der Waals surface area contributed by atoms with Crippen molar-refractivity contribution in [1.29, 1.82) is 0 Å². The highest BCUT2D eigenvalue weighted by atomic mass is 32.2. The number of thioether (sulfide) groups is 1. The van der Waals surface area contributed by atoms with Crippen LogP contribution in [-0.4, -0.2) is 89.7 Å². The van der Waals surface area contributed by atoms with Gasteiger partial charge in [-0.25, -0.2) is 4.98 Å². The number of alkyl halides is 3. The van der Waals surface area contributed by atoms with Gasteiger partial charge in [0.2, 0.25) is 5.95 Å². The molecular formula is C30H34F3N5O5S. The number of hydrogen-bond donors (Lipinski definition) is 2. The molecule has 236 valence electrons. The van der Waals surface area contributed by atoms with E-state index in [1.807, 2.05) is 18.2 Å². The molecule has 0 saturated carbocycles. The lowest BCUT2D eigenvalue weighted by molar-refractivity contribution is -0.274. The normalized spacial score (nSPS) is 15.0. The van der Waals surface area contributed by atoms with Crippen molar-refractivity contribution in [3.63, 3.8) is 0 Å². The van der Waals surface area contributed by atoms with E-state index in [9.17, 15) is 18.0 Å². The van der Waals surface area contributed by atoms with Gasteiger partial charge in [-0.15, -0.1) is 24.9 Å². The molecule has 2 aromatic carbocycles. The fraction of sp³-hybridized carbons (Fsp3) is 0.433. The molecule has 0 bridgehead atoms. The number of piperazine rings is 1. The highest BCUT2D eigenvalue weighted by molar-refractivity contribution is 7.99. The molecule has 3 aromatic rings. The summed E-state index contributed by atoms with van der Waals surface area (Å²) in [6.07, 6.45) is -3.18. The summed E-state index contributed by atoms with van der Waals surface area (Å²) < 4.78 is 52.7. The first-order valence-corrected chi connectivity index (χ1v) is 15.4. The standard InChI is InChI=1S/C30H34F3N5O5S/c31-30(32,33)43-22-4-1-20(2-5-22)18-42-23-6-8-24-21(17-23)3-7-25-27(24)35-29(34)36-28(25)38-11-9-37(10-12-38)13-14-41-15-16-44-19-26(39)40/h1-2,4-6,8,17H,3,7,9-16,18-19H2,(H,39,40)(H2,34,35,36). The van der Waals surface area contributed by atoms with Gasteiger partial charge in [0, 0.05) is 49.6 Å². The maximum atomic E-state index is 12.4. The molecule has 1 fully saturated rings. The molecule has 2 heterocycles. The van der Waals surface area contributed by atoms with Crippen LogP contribution in [0.5, 0.6) is 11.5 Å². The fourth-order valence-electron chi connectivity index (χ4n) is 5.27. The smallest absolute Gasteiger partial charge is 0.489 e. The number of aryl methyl sites for hydroxylation is 1. The molecule has 1 aromatic heterocycles. The molecule has 0 radical (unpaired) electrons. The Balaban J connectivity index is 1.16. The maximum absolute atomic E-state index is 12.4. The predicted octanol–water partition coefficient (Wildman–Crippen LogP) is 4.26. The Morgan fingerprint density at radius 1 is 1.00 bits per heavy atom. The van der Waals surface area contributed by atoms with E-state index in [2.05, 4.69) is 24.5 Å². The second kappa shape index (κ2) is 14.4. The first-order valence-electron chi connectivity index (χ1n) is 14.3. The van der Waals surface area contributed by atoms with Crippen LogP contribution in [0.1, 0.15) is 16.7 Å². The first-order chi connectivity index (χ1) is 21.1. The van der Waals surface area contributed by atoms with Crippen molar-refractivity contribution in [1.82, 2.24) is 14.9 Å². The van der Waals surface area contributed by atoms with Crippen LogP contribution in [0.25, 0.3) is 11.3 Å². The van der Waals surface area contributed by atoms with Crippen molar-refractivity contribution in [2.75, 3.05) is 68.1 Å². The van der Waals surface area contributed by atoms with Crippen LogP contribution in [0, 0.1) is 0 Å². The van der Waals surface area contributed by atoms with Gasteiger partial charge < -0.3 is 30.0 Å². The van der Waals surface area contributed by atoms with Crippen LogP contribution in [0.2, 0.25) is 0 Å². The number of fused-ring (bicyclic) bond motifs is 3. The number of ether oxygens (including phenoxy) is 3. The molecule has 44 heavy (non-hydrogen) atoms. The van der Waals surface area contributed by atoms with Crippen molar-refractivity contribution in [2.45, 2.75) is 25.8 Å². The Hall–Kier alpha value is -3.75. The molecule has 1 aliphatic heterocycles. The minimum absolute atomic E-state index is 0.0944. The van der Waals surface area contributed by atoms with Gasteiger partial charge in [0.1, 0.15) is 23.9 Å². The third kappa shape index (κ3) is 8.67. The summed E-state index contributed by atoms with van der Waals surface area (Å²) in [7, 11) is 0. The van der Waals surface area contributed by atoms with Crippen molar-refractivity contribution in [2.24, 2.45) is 0 Å². The van der Waals surface area contributed by atoms with Crippen LogP contribution in [0.15, 0.2) is 42.5 Å². The number of hydrogen-bond acceptors (Lipinski definition) is 10. The summed E-state index contributed by atoms with van der Waals surface area (Å²) in [4.78, 5) is 24.4. The van der Waals surface area contributed by atoms with Crippen LogP contribution in [-0.2, 0) is 29.0 Å². The van der Waals surface area contributed by atoms with Gasteiger partial charge in [-0.05, 0) is 54.3 Å². The number of anilines is 2. The summed E-state index contributed by atoms with van der Waals surface area (Å²) in [5.74, 6) is 1.43. The van der Waals surface area contributed by atoms with Crippen LogP contribution in [0.4, 0.5) is 24.9 Å². The second-order valence-corrected chi connectivity index (χ2v) is 11.5. The Bertz CT molecular complexity index is 1440. The average Bonchev–Trinajstić information content (AvgIpc) is 2.99. The zero-order valence-corrected chi connectivity index (χ0v) is 24.8. The molecule has 3 N–H and O–H groups in total. The second-order valence-electron chi connectivity index (χ2n) is 10.4. The topological polar surface area (TPSA) is 123 Å². The van der Waals surface area contributed by atoms with Crippen LogP contribution < -0.4 is 20.1 Å². The molecule has 0 unspecified atom stereocenters. The van der Waals surface area contributed by atoms with E-state index in [0.29, 0.717) is 30.3 Å². The number of nitrogens with zero attached hydrogens (tertiary/aromatic N) is 4. The first kappa shape index (κ1) is 31.7. The third-order valence-electron chi connectivity index (χ3n) is 7.36. The number of nitrogen functional groups attached to an aromatic ring is 1. The number of benzene rings is 2. The molecule has 5 rings (SSSR count). The van der Waals surface area contributed by atoms with E-state index in [0.717, 1.165) is 73.8 Å². The minimum Gasteiger partial charge on any atom is -0.489 e. The number of rotatable bonds is 13. The van der Waals surface area contributed by atoms with E-state index in [1.54, 1.807) is 0 Å². The van der Waals surface area contributed by atoms with Crippen LogP contribution in [0.3, 0.4) is 0 Å². The SMILES string of the molecule is Nc1nc2c(c(N3CCN(CCOCCSCC(=O)O)CC3)n1)CCc1cc(OCc3ccc(OC(F)(F)F)cc3)ccc1-2. The maximum Gasteiger partial charge on any atom is 0.573 e. The highest BCUT2D eigenvalue weighted by Gasteiger charge is 2.31. The van der Waals surface area contributed by atoms with Crippen molar-refractivity contribution < 1.29 is 37.3 Å². The van der Waals surface area contributed by atoms with E-state index < -0.39 is 12.3 Å². The van der Waals surface area contributed by atoms with Gasteiger partial charge in [0.25, 0.3) is 0 Å². The van der Waals surface area contributed by atoms with E-state index in [4.69, 9.17) is 20.3 Å². The Kier molecular flexibility index (Phi) is 10.3. The number of carboxylic acid groups (broad SMARTS) is 1. The zero-order valence-electron chi connectivity index (χ0n) is 24.0. The summed E-state index contributed by atoms with van der Waals surface area (Å²) >= 11 is 1.35. The Morgan fingerprint density at radius 3 is 2.48 bits per heavy atom. The molecule has 0 atom stereocenters. The van der Waals surface area contributed by atoms with Gasteiger partial charge in [-0.3, -0.25) is 9.69 Å². The number of aromatic nitrogens is 2. The number of halogens is 3. The van der Waals surface area contributed by atoms with Crippen molar-refractivity contribution in [3.05, 3.63) is 59.2 Å². The number of carbonyl (C=O) groups is 1. The van der Waals surface area contributed by atoms with Gasteiger partial charge in [0.15, 0.2) is 0 Å². The lowest BCUT2D eigenvalue weighted by atomic mass is 9.88. The number of aliphatic carboxylic acids is 1. The predicted molar refractivity (Wildman–Crippen MR) is 161 cm³/mol. The fourth-order valence-corrected chi connectivity index (χ4v) is 5.83. The molecule has 14 heteroatoms. The van der Waals surface area contributed by atoms with Crippen LogP contribution >= 0.6 is 11.8 Å². The Morgan fingerprint density at radius 2 is 1.75 bits per heavy atom. The largest absolute Gasteiger partial charge is 0.573 e.